The van der Waals surface area contributed by atoms with Gasteiger partial charge in [0, 0.05) is 23.7 Å². The molecular formula is C23H27N3O5S. The maximum Gasteiger partial charge on any atom is 0.274 e. The molecule has 1 fully saturated rings. The summed E-state index contributed by atoms with van der Waals surface area (Å²) < 4.78 is 33.3. The summed E-state index contributed by atoms with van der Waals surface area (Å²) >= 11 is 0. The van der Waals surface area contributed by atoms with Crippen LogP contribution in [0.25, 0.3) is 10.9 Å². The van der Waals surface area contributed by atoms with Crippen LogP contribution >= 0.6 is 0 Å². The van der Waals surface area contributed by atoms with Gasteiger partial charge in [0.25, 0.3) is 15.9 Å². The van der Waals surface area contributed by atoms with Crippen LogP contribution in [0.1, 0.15) is 36.0 Å². The van der Waals surface area contributed by atoms with Crippen molar-refractivity contribution in [3.8, 4) is 5.75 Å². The minimum Gasteiger partial charge on any atom is -0.494 e. The largest absolute Gasteiger partial charge is 0.494 e. The lowest BCUT2D eigenvalue weighted by Crippen LogP contribution is -2.31. The Hall–Kier alpha value is -2.88. The number of carbonyl (C=O) groups is 1. The zero-order valence-electron chi connectivity index (χ0n) is 17.7. The summed E-state index contributed by atoms with van der Waals surface area (Å²) in [6, 6.07) is 12.5. The Morgan fingerprint density at radius 3 is 2.50 bits per heavy atom. The van der Waals surface area contributed by atoms with Gasteiger partial charge >= 0.3 is 0 Å². The molecule has 3 aromatic rings. The topological polar surface area (TPSA) is 101 Å². The van der Waals surface area contributed by atoms with Crippen molar-refractivity contribution in [2.45, 2.75) is 30.6 Å². The smallest absolute Gasteiger partial charge is 0.274 e. The Bertz CT molecular complexity index is 1180. The minimum absolute atomic E-state index is 0.0440. The Labute approximate surface area is 187 Å². The van der Waals surface area contributed by atoms with E-state index in [0.29, 0.717) is 17.9 Å². The fourth-order valence-electron chi connectivity index (χ4n) is 4.01. The molecule has 2 aromatic carbocycles. The van der Waals surface area contributed by atoms with Crippen molar-refractivity contribution in [1.29, 1.82) is 0 Å². The highest BCUT2D eigenvalue weighted by Gasteiger charge is 2.20. The van der Waals surface area contributed by atoms with Gasteiger partial charge in [-0.25, -0.2) is 17.9 Å². The van der Waals surface area contributed by atoms with Crippen molar-refractivity contribution < 1.29 is 23.2 Å². The Kier molecular flexibility index (Phi) is 6.78. The van der Waals surface area contributed by atoms with E-state index < -0.39 is 15.9 Å². The van der Waals surface area contributed by atoms with Crippen molar-refractivity contribution in [3.63, 3.8) is 0 Å². The molecule has 2 heterocycles. The van der Waals surface area contributed by atoms with Crippen LogP contribution in [0.2, 0.25) is 0 Å². The first-order valence-electron chi connectivity index (χ1n) is 10.8. The molecule has 0 radical (unpaired) electrons. The molecule has 8 nitrogen and oxygen atoms in total. The lowest BCUT2D eigenvalue weighted by Gasteiger charge is -2.26. The van der Waals surface area contributed by atoms with E-state index in [1.165, 1.54) is 72.3 Å². The van der Waals surface area contributed by atoms with E-state index in [-0.39, 0.29) is 10.5 Å². The summed E-state index contributed by atoms with van der Waals surface area (Å²) in [7, 11) is -3.84. The fourth-order valence-corrected chi connectivity index (χ4v) is 5.37. The van der Waals surface area contributed by atoms with E-state index in [1.807, 2.05) is 6.07 Å². The van der Waals surface area contributed by atoms with E-state index in [2.05, 4.69) is 4.90 Å². The standard InChI is InChI=1S/C23H27N3O5S/c27-23(24-28)18-5-8-21(9-6-18)32(29,30)26-15-11-19-17-20(7-10-22(19)26)31-16-4-14-25-12-2-1-3-13-25/h5-11,15,17,28H,1-4,12-14,16H2,(H,24,27). The molecule has 0 spiro atoms. The van der Waals surface area contributed by atoms with Crippen molar-refractivity contribution >= 4 is 26.8 Å². The molecule has 0 aliphatic carbocycles. The highest BCUT2D eigenvalue weighted by atomic mass is 32.2. The van der Waals surface area contributed by atoms with Crippen LogP contribution < -0.4 is 10.2 Å². The third kappa shape index (κ3) is 4.79. The summed E-state index contributed by atoms with van der Waals surface area (Å²) in [4.78, 5) is 14.0. The van der Waals surface area contributed by atoms with Crippen molar-refractivity contribution in [3.05, 3.63) is 60.3 Å². The van der Waals surface area contributed by atoms with E-state index in [4.69, 9.17) is 9.94 Å². The lowest BCUT2D eigenvalue weighted by atomic mass is 10.1. The van der Waals surface area contributed by atoms with Crippen LogP contribution in [0.15, 0.2) is 59.6 Å². The number of nitrogens with one attached hydrogen (secondary N) is 1. The zero-order valence-corrected chi connectivity index (χ0v) is 18.6. The molecule has 4 rings (SSSR count). The second-order valence-electron chi connectivity index (χ2n) is 7.91. The average molecular weight is 458 g/mol. The number of carbonyl (C=O) groups excluding carboxylic acids is 1. The Balaban J connectivity index is 1.44. The van der Waals surface area contributed by atoms with Gasteiger partial charge in [-0.2, -0.15) is 0 Å². The van der Waals surface area contributed by atoms with Gasteiger partial charge in [-0.3, -0.25) is 10.0 Å². The van der Waals surface area contributed by atoms with E-state index in [1.54, 1.807) is 18.2 Å². The van der Waals surface area contributed by atoms with Crippen LogP contribution in [-0.4, -0.2) is 54.6 Å². The minimum atomic E-state index is -3.84. The number of benzene rings is 2. The number of piperidine rings is 1. The fraction of sp³-hybridized carbons (Fsp3) is 0.348. The second-order valence-corrected chi connectivity index (χ2v) is 9.72. The number of amides is 1. The lowest BCUT2D eigenvalue weighted by molar-refractivity contribution is 0.0706. The number of hydrogen-bond acceptors (Lipinski definition) is 6. The maximum absolute atomic E-state index is 13.1. The first kappa shape index (κ1) is 22.3. The van der Waals surface area contributed by atoms with Crippen LogP contribution in [0.3, 0.4) is 0 Å². The first-order valence-corrected chi connectivity index (χ1v) is 12.2. The van der Waals surface area contributed by atoms with Crippen molar-refractivity contribution in [2.24, 2.45) is 0 Å². The van der Waals surface area contributed by atoms with Crippen molar-refractivity contribution in [1.82, 2.24) is 14.4 Å². The molecule has 2 N–H and O–H groups in total. The van der Waals surface area contributed by atoms with Gasteiger partial charge in [-0.1, -0.05) is 6.42 Å². The summed E-state index contributed by atoms with van der Waals surface area (Å²) in [5, 5.41) is 9.46. The van der Waals surface area contributed by atoms with Gasteiger partial charge in [-0.05, 0) is 80.9 Å². The van der Waals surface area contributed by atoms with E-state index >= 15 is 0 Å². The van der Waals surface area contributed by atoms with Crippen LogP contribution in [-0.2, 0) is 10.0 Å². The number of hydrogen-bond donors (Lipinski definition) is 2. The molecule has 32 heavy (non-hydrogen) atoms. The van der Waals surface area contributed by atoms with Gasteiger partial charge < -0.3 is 9.64 Å². The molecule has 1 saturated heterocycles. The molecule has 1 aliphatic rings. The van der Waals surface area contributed by atoms with E-state index in [0.717, 1.165) is 18.4 Å². The summed E-state index contributed by atoms with van der Waals surface area (Å²) in [5.74, 6) is 0.00878. The monoisotopic (exact) mass is 457 g/mol. The van der Waals surface area contributed by atoms with E-state index in [9.17, 15) is 13.2 Å². The third-order valence-corrected chi connectivity index (χ3v) is 7.44. The van der Waals surface area contributed by atoms with Crippen LogP contribution in [0, 0.1) is 0 Å². The average Bonchev–Trinajstić information content (AvgIpc) is 3.26. The quantitative estimate of drug-likeness (QED) is 0.306. The highest BCUT2D eigenvalue weighted by Crippen LogP contribution is 2.26. The van der Waals surface area contributed by atoms with Crippen LogP contribution in [0.5, 0.6) is 5.75 Å². The molecule has 1 aliphatic heterocycles. The highest BCUT2D eigenvalue weighted by molar-refractivity contribution is 7.90. The van der Waals surface area contributed by atoms with Gasteiger partial charge in [0.2, 0.25) is 0 Å². The molecule has 170 valence electrons. The number of hydroxylamine groups is 1. The molecule has 0 atom stereocenters. The molecular weight excluding hydrogens is 430 g/mol. The number of fused-ring (bicyclic) bond motifs is 1. The summed E-state index contributed by atoms with van der Waals surface area (Å²) in [6.07, 6.45) is 6.35. The number of rotatable bonds is 8. The van der Waals surface area contributed by atoms with Crippen molar-refractivity contribution in [2.75, 3.05) is 26.2 Å². The predicted molar refractivity (Wildman–Crippen MR) is 121 cm³/mol. The van der Waals surface area contributed by atoms with Crippen LogP contribution in [0.4, 0.5) is 0 Å². The molecule has 1 aromatic heterocycles. The Morgan fingerprint density at radius 2 is 1.78 bits per heavy atom. The normalized spacial score (nSPS) is 15.0. The molecule has 0 saturated carbocycles. The Morgan fingerprint density at radius 1 is 1.03 bits per heavy atom. The molecule has 1 amide bonds. The number of nitrogens with zero attached hydrogens (tertiary/aromatic N) is 2. The first-order chi connectivity index (χ1) is 15.5. The molecule has 0 unspecified atom stereocenters. The number of likely N-dealkylation sites (tertiary alicyclic amines) is 1. The zero-order chi connectivity index (χ0) is 22.6. The SMILES string of the molecule is O=C(NO)c1ccc(S(=O)(=O)n2ccc3cc(OCCCN4CCCCC4)ccc32)cc1. The van der Waals surface area contributed by atoms with Gasteiger partial charge in [0.05, 0.1) is 17.0 Å². The summed E-state index contributed by atoms with van der Waals surface area (Å²) in [5.41, 5.74) is 2.23. The number of ether oxygens (including phenoxy) is 1. The predicted octanol–water partition coefficient (Wildman–Crippen LogP) is 3.25. The van der Waals surface area contributed by atoms with Gasteiger partial charge in [0.15, 0.2) is 0 Å². The van der Waals surface area contributed by atoms with Gasteiger partial charge in [-0.15, -0.1) is 0 Å². The molecule has 9 heteroatoms. The molecule has 0 bridgehead atoms. The number of aromatic nitrogens is 1. The van der Waals surface area contributed by atoms with Gasteiger partial charge in [0.1, 0.15) is 5.75 Å². The third-order valence-electron chi connectivity index (χ3n) is 5.74. The summed E-state index contributed by atoms with van der Waals surface area (Å²) in [6.45, 7) is 4.00. The maximum atomic E-state index is 13.1. The second kappa shape index (κ2) is 9.72.